The Kier molecular flexibility index (Phi) is 5.64. The van der Waals surface area contributed by atoms with Crippen LogP contribution in [0.2, 0.25) is 0 Å². The minimum atomic E-state index is -1.33. The molecule has 8 heteroatoms. The summed E-state index contributed by atoms with van der Waals surface area (Å²) in [5, 5.41) is 23.4. The van der Waals surface area contributed by atoms with E-state index in [0.29, 0.717) is 25.7 Å². The molecule has 4 N–H and O–H groups in total. The topological polar surface area (TPSA) is 111 Å². The molecule has 0 bridgehead atoms. The Morgan fingerprint density at radius 1 is 1.39 bits per heavy atom. The summed E-state index contributed by atoms with van der Waals surface area (Å²) in [6.07, 6.45) is 6.64. The van der Waals surface area contributed by atoms with Gasteiger partial charge in [0.2, 0.25) is 5.12 Å². The van der Waals surface area contributed by atoms with Crippen LogP contribution in [0.25, 0.3) is 0 Å². The van der Waals surface area contributed by atoms with Crippen molar-refractivity contribution >= 4 is 29.9 Å². The Labute approximate surface area is 139 Å². The van der Waals surface area contributed by atoms with Gasteiger partial charge in [0.25, 0.3) is 0 Å². The molecular weight excluding hydrogens is 322 g/mol. The fraction of sp³-hybridized carbons (Fsp3) is 0.667. The van der Waals surface area contributed by atoms with Crippen molar-refractivity contribution in [2.45, 2.75) is 50.2 Å². The molecule has 0 amide bonds. The van der Waals surface area contributed by atoms with Gasteiger partial charge in [0.1, 0.15) is 0 Å². The average Bonchev–Trinajstić information content (AvgIpc) is 2.48. The summed E-state index contributed by atoms with van der Waals surface area (Å²) in [6.45, 7) is 2.01. The fourth-order valence-corrected chi connectivity index (χ4v) is 3.53. The van der Waals surface area contributed by atoms with Gasteiger partial charge in [-0.15, -0.1) is 0 Å². The highest BCUT2D eigenvalue weighted by atomic mass is 35.5. The molecular formula is C15H22ClN3O4. The van der Waals surface area contributed by atoms with Gasteiger partial charge in [-0.3, -0.25) is 14.9 Å². The highest BCUT2D eigenvalue weighted by Crippen LogP contribution is 2.33. The van der Waals surface area contributed by atoms with Crippen molar-refractivity contribution in [3.63, 3.8) is 0 Å². The van der Waals surface area contributed by atoms with Crippen molar-refractivity contribution in [2.24, 2.45) is 16.8 Å². The normalized spacial score (nSPS) is 30.7. The van der Waals surface area contributed by atoms with Crippen LogP contribution in [0.1, 0.15) is 39.0 Å². The summed E-state index contributed by atoms with van der Waals surface area (Å²) in [7, 11) is 0. The third kappa shape index (κ3) is 4.45. The number of carboxylic acid groups (broad SMARTS) is 2. The maximum absolute atomic E-state index is 11.1. The Morgan fingerprint density at radius 3 is 2.52 bits per heavy atom. The van der Waals surface area contributed by atoms with E-state index in [0.717, 1.165) is 12.1 Å². The first kappa shape index (κ1) is 17.7. The smallest absolute Gasteiger partial charge is 0.318 e. The lowest BCUT2D eigenvalue weighted by Gasteiger charge is -2.35. The van der Waals surface area contributed by atoms with Crippen LogP contribution in [0.5, 0.6) is 0 Å². The number of halogens is 1. The Morgan fingerprint density at radius 2 is 2.00 bits per heavy atom. The third-order valence-electron chi connectivity index (χ3n) is 4.43. The first-order valence-corrected chi connectivity index (χ1v) is 8.16. The number of hydrogen-bond donors (Lipinski definition) is 4. The lowest BCUT2D eigenvalue weighted by molar-refractivity contribution is -0.158. The van der Waals surface area contributed by atoms with E-state index >= 15 is 0 Å². The second kappa shape index (κ2) is 7.31. The van der Waals surface area contributed by atoms with Crippen LogP contribution < -0.4 is 10.6 Å². The van der Waals surface area contributed by atoms with Gasteiger partial charge in [-0.1, -0.05) is 18.5 Å². The molecule has 0 aromatic carbocycles. The Bertz CT molecular complexity index is 515. The summed E-state index contributed by atoms with van der Waals surface area (Å²) in [6, 6.07) is 0.0802. The van der Waals surface area contributed by atoms with Gasteiger partial charge in [-0.25, -0.2) is 4.99 Å². The first-order valence-electron chi connectivity index (χ1n) is 7.79. The van der Waals surface area contributed by atoms with Crippen molar-refractivity contribution < 1.29 is 19.8 Å². The minimum Gasteiger partial charge on any atom is -0.481 e. The lowest BCUT2D eigenvalue weighted by Crippen LogP contribution is -2.48. The molecule has 1 aliphatic carbocycles. The average molecular weight is 344 g/mol. The van der Waals surface area contributed by atoms with Crippen LogP contribution in [0.3, 0.4) is 0 Å². The SMILES string of the molecule is CCC1=CC(Cl)(NC2CCC(C(C(=O)O)C(=O)O)CC2)N=CN1. The van der Waals surface area contributed by atoms with Gasteiger partial charge >= 0.3 is 11.9 Å². The number of carbonyl (C=O) groups is 2. The number of aliphatic carboxylic acids is 2. The van der Waals surface area contributed by atoms with Gasteiger partial charge in [0, 0.05) is 11.7 Å². The quantitative estimate of drug-likeness (QED) is 0.332. The molecule has 1 unspecified atom stereocenters. The Hall–Kier alpha value is -1.60. The molecule has 0 aromatic heterocycles. The molecule has 1 heterocycles. The molecule has 23 heavy (non-hydrogen) atoms. The van der Waals surface area contributed by atoms with E-state index < -0.39 is 23.0 Å². The number of alkyl halides is 1. The highest BCUT2D eigenvalue weighted by Gasteiger charge is 2.38. The number of nitrogens with zero attached hydrogens (tertiary/aromatic N) is 1. The largest absolute Gasteiger partial charge is 0.481 e. The van der Waals surface area contributed by atoms with Crippen LogP contribution in [0.15, 0.2) is 16.8 Å². The molecule has 0 radical (unpaired) electrons. The maximum Gasteiger partial charge on any atom is 0.318 e. The molecule has 0 aromatic rings. The molecule has 0 spiro atoms. The van der Waals surface area contributed by atoms with E-state index in [1.165, 1.54) is 0 Å². The molecule has 128 valence electrons. The number of aliphatic imine (C=N–C) groups is 1. The zero-order valence-corrected chi connectivity index (χ0v) is 13.7. The van der Waals surface area contributed by atoms with E-state index in [1.54, 1.807) is 6.34 Å². The molecule has 1 aliphatic heterocycles. The number of rotatable bonds is 6. The highest BCUT2D eigenvalue weighted by molar-refractivity contribution is 6.25. The van der Waals surface area contributed by atoms with E-state index in [1.807, 2.05) is 13.0 Å². The van der Waals surface area contributed by atoms with E-state index in [9.17, 15) is 9.59 Å². The second-order valence-electron chi connectivity index (χ2n) is 6.01. The summed E-state index contributed by atoms with van der Waals surface area (Å²) in [4.78, 5) is 26.4. The van der Waals surface area contributed by atoms with Gasteiger partial charge in [-0.05, 0) is 44.1 Å². The first-order chi connectivity index (χ1) is 10.8. The van der Waals surface area contributed by atoms with E-state index in [4.69, 9.17) is 21.8 Å². The molecule has 1 saturated carbocycles. The van der Waals surface area contributed by atoms with Crippen molar-refractivity contribution in [1.29, 1.82) is 0 Å². The predicted molar refractivity (Wildman–Crippen MR) is 86.2 cm³/mol. The summed E-state index contributed by atoms with van der Waals surface area (Å²) in [5.41, 5.74) is 0.980. The number of allylic oxidation sites excluding steroid dienone is 1. The van der Waals surface area contributed by atoms with Crippen molar-refractivity contribution in [3.05, 3.63) is 11.8 Å². The minimum absolute atomic E-state index is 0.0802. The third-order valence-corrected chi connectivity index (χ3v) is 4.75. The van der Waals surface area contributed by atoms with E-state index in [-0.39, 0.29) is 12.0 Å². The van der Waals surface area contributed by atoms with Crippen LogP contribution in [0.4, 0.5) is 0 Å². The standard InChI is InChI=1S/C15H22ClN3O4/c1-2-10-7-15(16,18-8-17-10)19-11-5-3-9(4-6-11)12(13(20)21)14(22)23/h7-9,11-12,19H,2-6H2,1H3,(H,17,18)(H,20,21)(H,22,23). The zero-order valence-electron chi connectivity index (χ0n) is 13.0. The van der Waals surface area contributed by atoms with Crippen LogP contribution in [-0.4, -0.2) is 39.7 Å². The van der Waals surface area contributed by atoms with Crippen molar-refractivity contribution in [2.75, 3.05) is 0 Å². The summed E-state index contributed by atoms with van der Waals surface area (Å²) < 4.78 is 0. The number of carboxylic acids is 2. The Balaban J connectivity index is 1.93. The van der Waals surface area contributed by atoms with Gasteiger partial charge < -0.3 is 15.5 Å². The predicted octanol–water partition coefficient (Wildman–Crippen LogP) is 1.74. The zero-order chi connectivity index (χ0) is 17.0. The molecule has 7 nitrogen and oxygen atoms in total. The van der Waals surface area contributed by atoms with Crippen molar-refractivity contribution in [1.82, 2.24) is 10.6 Å². The molecule has 2 aliphatic rings. The lowest BCUT2D eigenvalue weighted by atomic mass is 9.78. The van der Waals surface area contributed by atoms with Gasteiger partial charge in [0.15, 0.2) is 5.92 Å². The maximum atomic E-state index is 11.1. The van der Waals surface area contributed by atoms with Crippen LogP contribution in [-0.2, 0) is 9.59 Å². The molecule has 1 atom stereocenters. The molecule has 1 fully saturated rings. The second-order valence-corrected chi connectivity index (χ2v) is 6.59. The molecule has 2 rings (SSSR count). The van der Waals surface area contributed by atoms with Gasteiger partial charge in [0.05, 0.1) is 6.34 Å². The van der Waals surface area contributed by atoms with Gasteiger partial charge in [-0.2, -0.15) is 0 Å². The van der Waals surface area contributed by atoms with Crippen LogP contribution in [0, 0.1) is 11.8 Å². The monoisotopic (exact) mass is 343 g/mol. The van der Waals surface area contributed by atoms with Crippen LogP contribution >= 0.6 is 11.6 Å². The summed E-state index contributed by atoms with van der Waals surface area (Å²) in [5.74, 6) is -4.20. The number of hydrogen-bond acceptors (Lipinski definition) is 5. The van der Waals surface area contributed by atoms with E-state index in [2.05, 4.69) is 15.6 Å². The number of nitrogens with one attached hydrogen (secondary N) is 2. The molecule has 0 saturated heterocycles. The fourth-order valence-electron chi connectivity index (χ4n) is 3.19. The van der Waals surface area contributed by atoms with Crippen molar-refractivity contribution in [3.8, 4) is 0 Å². The summed E-state index contributed by atoms with van der Waals surface area (Å²) >= 11 is 6.47.